The highest BCUT2D eigenvalue weighted by molar-refractivity contribution is 7.92. The number of carbonyl (C=O) groups is 2. The lowest BCUT2D eigenvalue weighted by Crippen LogP contribution is -2.53. The normalized spacial score (nSPS) is 12.2. The molecule has 0 aromatic heterocycles. The molecule has 1 atom stereocenters. The number of amides is 2. The molecule has 0 heterocycles. The molecule has 0 aliphatic carbocycles. The van der Waals surface area contributed by atoms with Crippen LogP contribution in [0.25, 0.3) is 0 Å². The Hall–Kier alpha value is -3.14. The van der Waals surface area contributed by atoms with Gasteiger partial charge in [-0.25, -0.2) is 12.8 Å². The van der Waals surface area contributed by atoms with Crippen molar-refractivity contribution in [2.45, 2.75) is 32.9 Å². The van der Waals surface area contributed by atoms with Crippen molar-refractivity contribution in [2.24, 2.45) is 5.92 Å². The number of rotatable bonds is 12. The van der Waals surface area contributed by atoms with Crippen molar-refractivity contribution >= 4 is 50.7 Å². The molecule has 0 fully saturated rings. The molecule has 0 radical (unpaired) electrons. The van der Waals surface area contributed by atoms with Crippen molar-refractivity contribution in [3.63, 3.8) is 0 Å². The van der Waals surface area contributed by atoms with Crippen LogP contribution in [0.3, 0.4) is 0 Å². The molecule has 214 valence electrons. The van der Waals surface area contributed by atoms with E-state index in [-0.39, 0.29) is 29.6 Å². The number of hydrogen-bond donors (Lipinski definition) is 1. The van der Waals surface area contributed by atoms with E-state index in [9.17, 15) is 22.4 Å². The first-order chi connectivity index (χ1) is 18.8. The van der Waals surface area contributed by atoms with Crippen LogP contribution in [0.5, 0.6) is 0 Å². The number of nitrogens with zero attached hydrogens (tertiary/aromatic N) is 2. The van der Waals surface area contributed by atoms with E-state index in [1.165, 1.54) is 29.2 Å². The van der Waals surface area contributed by atoms with Crippen LogP contribution in [0.1, 0.15) is 25.0 Å². The molecule has 3 aromatic rings. The summed E-state index contributed by atoms with van der Waals surface area (Å²) in [5.41, 5.74) is 1.31. The van der Waals surface area contributed by atoms with E-state index < -0.39 is 40.2 Å². The number of benzene rings is 3. The topological polar surface area (TPSA) is 86.8 Å². The Labute approximate surface area is 244 Å². The van der Waals surface area contributed by atoms with Gasteiger partial charge in [0.2, 0.25) is 21.8 Å². The minimum absolute atomic E-state index is 0.0100. The predicted molar refractivity (Wildman–Crippen MR) is 157 cm³/mol. The van der Waals surface area contributed by atoms with Gasteiger partial charge in [-0.05, 0) is 47.4 Å². The summed E-state index contributed by atoms with van der Waals surface area (Å²) in [7, 11) is -4.00. The van der Waals surface area contributed by atoms with Gasteiger partial charge in [-0.15, -0.1) is 0 Å². The molecular formula is C29H32Cl2FN3O4S. The summed E-state index contributed by atoms with van der Waals surface area (Å²) in [5, 5.41) is 3.59. The van der Waals surface area contributed by atoms with E-state index in [0.29, 0.717) is 17.1 Å². The maximum absolute atomic E-state index is 14.0. The van der Waals surface area contributed by atoms with Crippen LogP contribution in [-0.2, 0) is 32.6 Å². The second-order valence-corrected chi connectivity index (χ2v) is 12.6. The molecule has 7 nitrogen and oxygen atoms in total. The zero-order chi connectivity index (χ0) is 29.4. The minimum Gasteiger partial charge on any atom is -0.354 e. The molecule has 11 heteroatoms. The molecule has 3 aromatic carbocycles. The van der Waals surface area contributed by atoms with Gasteiger partial charge < -0.3 is 10.2 Å². The third-order valence-corrected chi connectivity index (χ3v) is 7.81. The maximum atomic E-state index is 14.0. The molecule has 0 aliphatic heterocycles. The molecule has 2 amide bonds. The number of carbonyl (C=O) groups excluding carboxylic acids is 2. The molecular weight excluding hydrogens is 576 g/mol. The molecule has 0 bridgehead atoms. The van der Waals surface area contributed by atoms with Crippen molar-refractivity contribution < 1.29 is 22.4 Å². The van der Waals surface area contributed by atoms with E-state index in [1.807, 2.05) is 44.2 Å². The van der Waals surface area contributed by atoms with Crippen LogP contribution in [0.4, 0.5) is 10.1 Å². The fraction of sp³-hybridized carbons (Fsp3) is 0.310. The van der Waals surface area contributed by atoms with Crippen molar-refractivity contribution in [2.75, 3.05) is 23.7 Å². The van der Waals surface area contributed by atoms with Crippen molar-refractivity contribution in [1.29, 1.82) is 0 Å². The van der Waals surface area contributed by atoms with Gasteiger partial charge in [0, 0.05) is 29.6 Å². The van der Waals surface area contributed by atoms with Crippen LogP contribution in [-0.4, -0.2) is 50.5 Å². The third-order valence-electron chi connectivity index (χ3n) is 6.09. The van der Waals surface area contributed by atoms with E-state index >= 15 is 0 Å². The van der Waals surface area contributed by atoms with Gasteiger partial charge in [-0.1, -0.05) is 79.5 Å². The smallest absolute Gasteiger partial charge is 0.244 e. The average molecular weight is 609 g/mol. The summed E-state index contributed by atoms with van der Waals surface area (Å²) in [6.45, 7) is 3.53. The Morgan fingerprint density at radius 3 is 2.27 bits per heavy atom. The van der Waals surface area contributed by atoms with Crippen LogP contribution in [0, 0.1) is 11.7 Å². The quantitative estimate of drug-likeness (QED) is 0.302. The Kier molecular flexibility index (Phi) is 11.0. The Balaban J connectivity index is 2.07. The number of sulfonamides is 1. The maximum Gasteiger partial charge on any atom is 0.244 e. The van der Waals surface area contributed by atoms with Gasteiger partial charge in [0.1, 0.15) is 18.4 Å². The first kappa shape index (κ1) is 31.4. The molecule has 0 saturated carbocycles. The third kappa shape index (κ3) is 8.94. The second-order valence-electron chi connectivity index (χ2n) is 9.85. The standard InChI is InChI=1S/C29H32Cl2FN3O4S/c1-20(2)17-33-29(37)27(14-21-8-5-4-6-9-21)34(18-22-12-13-23(30)15-26(22)31)28(36)19-35(40(3,38)39)25-11-7-10-24(32)16-25/h4-13,15-16,20,27H,14,17-19H2,1-3H3,(H,33,37)/t27-/m0/s1. The summed E-state index contributed by atoms with van der Waals surface area (Å²) in [5.74, 6) is -1.56. The number of anilines is 1. The molecule has 0 spiro atoms. The zero-order valence-corrected chi connectivity index (χ0v) is 24.8. The fourth-order valence-electron chi connectivity index (χ4n) is 4.05. The number of nitrogens with one attached hydrogen (secondary N) is 1. The highest BCUT2D eigenvalue weighted by Gasteiger charge is 2.33. The van der Waals surface area contributed by atoms with Crippen molar-refractivity contribution in [3.8, 4) is 0 Å². The monoisotopic (exact) mass is 607 g/mol. The first-order valence-corrected chi connectivity index (χ1v) is 15.2. The van der Waals surface area contributed by atoms with Gasteiger partial charge >= 0.3 is 0 Å². The summed E-state index contributed by atoms with van der Waals surface area (Å²) in [6.07, 6.45) is 1.10. The molecule has 3 rings (SSSR count). The van der Waals surface area contributed by atoms with Gasteiger partial charge in [0.05, 0.1) is 11.9 Å². The average Bonchev–Trinajstić information content (AvgIpc) is 2.88. The molecule has 40 heavy (non-hydrogen) atoms. The van der Waals surface area contributed by atoms with Gasteiger partial charge in [-0.2, -0.15) is 0 Å². The van der Waals surface area contributed by atoms with E-state index in [0.717, 1.165) is 22.2 Å². The largest absolute Gasteiger partial charge is 0.354 e. The highest BCUT2D eigenvalue weighted by atomic mass is 35.5. The van der Waals surface area contributed by atoms with Crippen LogP contribution < -0.4 is 9.62 Å². The summed E-state index contributed by atoms with van der Waals surface area (Å²) in [6, 6.07) is 17.9. The Bertz CT molecular complexity index is 1440. The molecule has 0 aliphatic rings. The van der Waals surface area contributed by atoms with Crippen LogP contribution in [0.2, 0.25) is 10.0 Å². The predicted octanol–water partition coefficient (Wildman–Crippen LogP) is 5.31. The van der Waals surface area contributed by atoms with E-state index in [1.54, 1.807) is 12.1 Å². The molecule has 0 unspecified atom stereocenters. The number of halogens is 3. The minimum atomic E-state index is -4.00. The molecule has 1 N–H and O–H groups in total. The lowest BCUT2D eigenvalue weighted by molar-refractivity contribution is -0.140. The fourth-order valence-corrected chi connectivity index (χ4v) is 5.36. The van der Waals surface area contributed by atoms with Gasteiger partial charge in [0.25, 0.3) is 0 Å². The van der Waals surface area contributed by atoms with Gasteiger partial charge in [-0.3, -0.25) is 13.9 Å². The lowest BCUT2D eigenvalue weighted by atomic mass is 10.0. The van der Waals surface area contributed by atoms with E-state index in [2.05, 4.69) is 5.32 Å². The van der Waals surface area contributed by atoms with E-state index in [4.69, 9.17) is 23.2 Å². The summed E-state index contributed by atoms with van der Waals surface area (Å²) in [4.78, 5) is 28.9. The van der Waals surface area contributed by atoms with Crippen molar-refractivity contribution in [1.82, 2.24) is 10.2 Å². The van der Waals surface area contributed by atoms with Gasteiger partial charge in [0.15, 0.2) is 0 Å². The lowest BCUT2D eigenvalue weighted by Gasteiger charge is -2.34. The van der Waals surface area contributed by atoms with Crippen molar-refractivity contribution in [3.05, 3.63) is 99.8 Å². The summed E-state index contributed by atoms with van der Waals surface area (Å²) < 4.78 is 40.3. The number of hydrogen-bond acceptors (Lipinski definition) is 4. The Morgan fingerprint density at radius 2 is 1.68 bits per heavy atom. The zero-order valence-electron chi connectivity index (χ0n) is 22.5. The van der Waals surface area contributed by atoms with Crippen LogP contribution in [0.15, 0.2) is 72.8 Å². The summed E-state index contributed by atoms with van der Waals surface area (Å²) >= 11 is 12.5. The molecule has 0 saturated heterocycles. The highest BCUT2D eigenvalue weighted by Crippen LogP contribution is 2.25. The SMILES string of the molecule is CC(C)CNC(=O)[C@H](Cc1ccccc1)N(Cc1ccc(Cl)cc1Cl)C(=O)CN(c1cccc(F)c1)S(C)(=O)=O. The van der Waals surface area contributed by atoms with Crippen LogP contribution >= 0.6 is 23.2 Å². The second kappa shape index (κ2) is 14.0. The first-order valence-electron chi connectivity index (χ1n) is 12.6. The Morgan fingerprint density at radius 1 is 0.975 bits per heavy atom.